The Morgan fingerprint density at radius 2 is 2.20 bits per heavy atom. The Hall–Kier alpha value is -0.900. The van der Waals surface area contributed by atoms with Crippen molar-refractivity contribution in [3.8, 4) is 0 Å². The predicted octanol–water partition coefficient (Wildman–Crippen LogP) is 2.49. The number of hydrogen-bond donors (Lipinski definition) is 2. The van der Waals surface area contributed by atoms with E-state index in [9.17, 15) is 5.11 Å². The lowest BCUT2D eigenvalue weighted by Gasteiger charge is -2.24. The lowest BCUT2D eigenvalue weighted by molar-refractivity contribution is 0.174. The van der Waals surface area contributed by atoms with Crippen molar-refractivity contribution in [1.82, 2.24) is 10.2 Å². The van der Waals surface area contributed by atoms with E-state index < -0.39 is 0 Å². The largest absolute Gasteiger partial charge is 0.392 e. The van der Waals surface area contributed by atoms with Gasteiger partial charge in [-0.25, -0.2) is 0 Å². The summed E-state index contributed by atoms with van der Waals surface area (Å²) in [5.41, 5.74) is 2.78. The molecule has 0 aromatic heterocycles. The van der Waals surface area contributed by atoms with E-state index in [4.69, 9.17) is 0 Å². The molecule has 1 fully saturated rings. The van der Waals surface area contributed by atoms with Crippen LogP contribution in [0, 0.1) is 6.92 Å². The number of nitrogens with zero attached hydrogens (tertiary/aromatic N) is 1. The molecule has 3 nitrogen and oxygen atoms in total. The minimum atomic E-state index is -0.115. The monoisotopic (exact) mass is 276 g/mol. The van der Waals surface area contributed by atoms with Gasteiger partial charge in [-0.2, -0.15) is 0 Å². The zero-order valence-corrected chi connectivity index (χ0v) is 12.8. The lowest BCUT2D eigenvalue weighted by atomic mass is 9.98. The molecule has 0 radical (unpaired) electrons. The minimum absolute atomic E-state index is 0.115. The fraction of sp³-hybridized carbons (Fsp3) is 0.647. The van der Waals surface area contributed by atoms with Crippen LogP contribution < -0.4 is 5.32 Å². The summed E-state index contributed by atoms with van der Waals surface area (Å²) in [6, 6.07) is 9.08. The maximum absolute atomic E-state index is 9.61. The van der Waals surface area contributed by atoms with Gasteiger partial charge in [0.25, 0.3) is 0 Å². The van der Waals surface area contributed by atoms with Gasteiger partial charge in [0.15, 0.2) is 0 Å². The standard InChI is InChI=1S/C17H28N2O/c1-3-10-18-17(16-7-5-4-6-14(16)2)9-12-19-11-8-15(20)13-19/h4-7,15,17-18,20H,3,8-13H2,1-2H3. The summed E-state index contributed by atoms with van der Waals surface area (Å²) in [5, 5.41) is 13.3. The molecule has 3 heteroatoms. The second kappa shape index (κ2) is 7.77. The van der Waals surface area contributed by atoms with E-state index in [1.807, 2.05) is 0 Å². The second-order valence-corrected chi connectivity index (χ2v) is 5.90. The third-order valence-electron chi connectivity index (χ3n) is 4.19. The van der Waals surface area contributed by atoms with Gasteiger partial charge >= 0.3 is 0 Å². The predicted molar refractivity (Wildman–Crippen MR) is 83.9 cm³/mol. The Labute approximate surface area is 123 Å². The van der Waals surface area contributed by atoms with Crippen LogP contribution in [0.5, 0.6) is 0 Å². The third-order valence-corrected chi connectivity index (χ3v) is 4.19. The molecule has 1 saturated heterocycles. The van der Waals surface area contributed by atoms with E-state index in [1.165, 1.54) is 11.1 Å². The van der Waals surface area contributed by atoms with Gasteiger partial charge in [-0.05, 0) is 43.9 Å². The van der Waals surface area contributed by atoms with Crippen LogP contribution >= 0.6 is 0 Å². The van der Waals surface area contributed by atoms with Crippen LogP contribution in [0.4, 0.5) is 0 Å². The number of nitrogens with one attached hydrogen (secondary N) is 1. The van der Waals surface area contributed by atoms with E-state index >= 15 is 0 Å². The molecule has 0 amide bonds. The summed E-state index contributed by atoms with van der Waals surface area (Å²) in [6.07, 6.45) is 3.08. The van der Waals surface area contributed by atoms with E-state index in [-0.39, 0.29) is 6.10 Å². The Morgan fingerprint density at radius 3 is 2.85 bits per heavy atom. The van der Waals surface area contributed by atoms with Crippen LogP contribution in [0.15, 0.2) is 24.3 Å². The molecule has 2 unspecified atom stereocenters. The normalized spacial score (nSPS) is 21.2. The number of likely N-dealkylation sites (tertiary alicyclic amines) is 1. The quantitative estimate of drug-likeness (QED) is 0.803. The van der Waals surface area contributed by atoms with Crippen molar-refractivity contribution in [2.24, 2.45) is 0 Å². The van der Waals surface area contributed by atoms with E-state index in [0.717, 1.165) is 45.4 Å². The molecular formula is C17H28N2O. The summed E-state index contributed by atoms with van der Waals surface area (Å²) in [7, 11) is 0. The zero-order valence-electron chi connectivity index (χ0n) is 12.8. The molecule has 0 saturated carbocycles. The van der Waals surface area contributed by atoms with E-state index in [2.05, 4.69) is 48.3 Å². The molecule has 1 aromatic carbocycles. The Bertz CT molecular complexity index is 408. The molecule has 2 atom stereocenters. The number of β-amino-alcohol motifs (C(OH)–C–C–N with tert-alkyl or cyclic N) is 1. The fourth-order valence-electron chi connectivity index (χ4n) is 2.99. The van der Waals surface area contributed by atoms with Crippen LogP contribution in [0.25, 0.3) is 0 Å². The van der Waals surface area contributed by atoms with Gasteiger partial charge in [-0.3, -0.25) is 0 Å². The minimum Gasteiger partial charge on any atom is -0.392 e. The third kappa shape index (κ3) is 4.30. The zero-order chi connectivity index (χ0) is 14.4. The van der Waals surface area contributed by atoms with Crippen molar-refractivity contribution in [2.75, 3.05) is 26.2 Å². The van der Waals surface area contributed by atoms with E-state index in [0.29, 0.717) is 6.04 Å². The molecule has 1 heterocycles. The van der Waals surface area contributed by atoms with Crippen LogP contribution in [0.2, 0.25) is 0 Å². The maximum atomic E-state index is 9.61. The highest BCUT2D eigenvalue weighted by atomic mass is 16.3. The molecule has 20 heavy (non-hydrogen) atoms. The summed E-state index contributed by atoms with van der Waals surface area (Å²) in [4.78, 5) is 2.38. The van der Waals surface area contributed by atoms with Crippen molar-refractivity contribution in [3.63, 3.8) is 0 Å². The Morgan fingerprint density at radius 1 is 1.40 bits per heavy atom. The first-order valence-corrected chi connectivity index (χ1v) is 7.90. The number of rotatable bonds is 7. The molecule has 0 bridgehead atoms. The molecule has 112 valence electrons. The molecule has 2 N–H and O–H groups in total. The first kappa shape index (κ1) is 15.5. The van der Waals surface area contributed by atoms with Gasteiger partial charge in [-0.1, -0.05) is 31.2 Å². The molecule has 1 aliphatic heterocycles. The van der Waals surface area contributed by atoms with Gasteiger partial charge in [-0.15, -0.1) is 0 Å². The smallest absolute Gasteiger partial charge is 0.0679 e. The fourth-order valence-corrected chi connectivity index (χ4v) is 2.99. The van der Waals surface area contributed by atoms with Gasteiger partial charge < -0.3 is 15.3 Å². The van der Waals surface area contributed by atoms with Crippen molar-refractivity contribution in [1.29, 1.82) is 0 Å². The van der Waals surface area contributed by atoms with Crippen LogP contribution in [0.3, 0.4) is 0 Å². The SMILES string of the molecule is CCCNC(CCN1CCC(O)C1)c1ccccc1C. The van der Waals surface area contributed by atoms with Crippen molar-refractivity contribution in [3.05, 3.63) is 35.4 Å². The van der Waals surface area contributed by atoms with Crippen molar-refractivity contribution in [2.45, 2.75) is 45.3 Å². The number of hydrogen-bond acceptors (Lipinski definition) is 3. The number of benzene rings is 1. The van der Waals surface area contributed by atoms with Gasteiger partial charge in [0.1, 0.15) is 0 Å². The highest BCUT2D eigenvalue weighted by molar-refractivity contribution is 5.28. The molecule has 1 aliphatic rings. The van der Waals surface area contributed by atoms with Crippen molar-refractivity contribution < 1.29 is 5.11 Å². The highest BCUT2D eigenvalue weighted by Gasteiger charge is 2.21. The second-order valence-electron chi connectivity index (χ2n) is 5.90. The van der Waals surface area contributed by atoms with Crippen LogP contribution in [-0.4, -0.2) is 42.3 Å². The summed E-state index contributed by atoms with van der Waals surface area (Å²) >= 11 is 0. The number of aliphatic hydroxyl groups excluding tert-OH is 1. The van der Waals surface area contributed by atoms with Gasteiger partial charge in [0.2, 0.25) is 0 Å². The molecular weight excluding hydrogens is 248 g/mol. The van der Waals surface area contributed by atoms with E-state index in [1.54, 1.807) is 0 Å². The lowest BCUT2D eigenvalue weighted by Crippen LogP contribution is -2.29. The highest BCUT2D eigenvalue weighted by Crippen LogP contribution is 2.22. The average Bonchev–Trinajstić information content (AvgIpc) is 2.86. The number of aliphatic hydroxyl groups is 1. The summed E-state index contributed by atoms with van der Waals surface area (Å²) in [5.74, 6) is 0. The molecule has 0 aliphatic carbocycles. The molecule has 2 rings (SSSR count). The van der Waals surface area contributed by atoms with Crippen LogP contribution in [-0.2, 0) is 0 Å². The Kier molecular flexibility index (Phi) is 6.02. The number of aryl methyl sites for hydroxylation is 1. The van der Waals surface area contributed by atoms with Gasteiger partial charge in [0.05, 0.1) is 6.10 Å². The molecule has 1 aromatic rings. The molecule has 0 spiro atoms. The summed E-state index contributed by atoms with van der Waals surface area (Å²) < 4.78 is 0. The maximum Gasteiger partial charge on any atom is 0.0679 e. The van der Waals surface area contributed by atoms with Gasteiger partial charge in [0, 0.05) is 25.7 Å². The topological polar surface area (TPSA) is 35.5 Å². The summed E-state index contributed by atoms with van der Waals surface area (Å²) in [6.45, 7) is 8.40. The van der Waals surface area contributed by atoms with Crippen LogP contribution in [0.1, 0.15) is 43.4 Å². The average molecular weight is 276 g/mol. The first-order chi connectivity index (χ1) is 9.70. The van der Waals surface area contributed by atoms with Crippen molar-refractivity contribution >= 4 is 0 Å². The Balaban J connectivity index is 1.95. The first-order valence-electron chi connectivity index (χ1n) is 7.90.